The molecule has 0 spiro atoms. The number of nitro groups is 1. The average molecular weight is 490 g/mol. The number of amides is 1. The van der Waals surface area contributed by atoms with E-state index in [1.807, 2.05) is 36.4 Å². The summed E-state index contributed by atoms with van der Waals surface area (Å²) in [5.74, 6) is -1.37. The Kier molecular flexibility index (Phi) is 8.23. The summed E-state index contributed by atoms with van der Waals surface area (Å²) in [6.45, 7) is 0.604. The second-order valence-electron chi connectivity index (χ2n) is 8.75. The highest BCUT2D eigenvalue weighted by Gasteiger charge is 2.17. The number of carbonyl (C=O) groups is 1. The van der Waals surface area contributed by atoms with E-state index in [2.05, 4.69) is 21.2 Å². The Balaban J connectivity index is 1.48. The molecule has 0 radical (unpaired) electrons. The summed E-state index contributed by atoms with van der Waals surface area (Å²) >= 11 is 0. The quantitative estimate of drug-likeness (QED) is 0.198. The molecule has 4 rings (SSSR count). The maximum atomic E-state index is 13.5. The molecule has 1 amide bonds. The fraction of sp³-hybridized carbons (Fsp3) is 0.259. The van der Waals surface area contributed by atoms with Crippen LogP contribution >= 0.6 is 0 Å². The number of carbonyl (C=O) groups excluding carboxylic acids is 1. The van der Waals surface area contributed by atoms with E-state index in [0.29, 0.717) is 23.7 Å². The predicted octanol–water partition coefficient (Wildman–Crippen LogP) is 5.85. The van der Waals surface area contributed by atoms with Crippen molar-refractivity contribution >= 4 is 29.2 Å². The molecule has 3 aromatic carbocycles. The van der Waals surface area contributed by atoms with Gasteiger partial charge in [0.25, 0.3) is 5.91 Å². The van der Waals surface area contributed by atoms with Gasteiger partial charge in [-0.15, -0.1) is 0 Å². The summed E-state index contributed by atoms with van der Waals surface area (Å²) in [5.41, 5.74) is 5.35. The van der Waals surface area contributed by atoms with Crippen molar-refractivity contribution in [3.05, 3.63) is 99.4 Å². The normalized spacial score (nSPS) is 13.9. The van der Waals surface area contributed by atoms with E-state index in [1.165, 1.54) is 31.5 Å². The lowest BCUT2D eigenvalue weighted by molar-refractivity contribution is -0.387. The number of anilines is 2. The molecule has 0 heterocycles. The Hall–Kier alpha value is -4.27. The van der Waals surface area contributed by atoms with Crippen LogP contribution < -0.4 is 16.1 Å². The first kappa shape index (κ1) is 24.8. The van der Waals surface area contributed by atoms with E-state index in [-0.39, 0.29) is 0 Å². The van der Waals surface area contributed by atoms with Gasteiger partial charge in [-0.1, -0.05) is 49.6 Å². The van der Waals surface area contributed by atoms with Crippen molar-refractivity contribution in [3.63, 3.8) is 0 Å². The number of halogens is 1. The van der Waals surface area contributed by atoms with Crippen LogP contribution in [0.5, 0.6) is 0 Å². The molecular formula is C27H28FN5O3. The third-order valence-electron chi connectivity index (χ3n) is 6.12. The van der Waals surface area contributed by atoms with E-state index >= 15 is 0 Å². The molecule has 9 heteroatoms. The summed E-state index contributed by atoms with van der Waals surface area (Å²) in [5, 5.41) is 21.9. The molecule has 3 aromatic rings. The summed E-state index contributed by atoms with van der Waals surface area (Å²) in [6, 6.07) is 19.2. The zero-order valence-electron chi connectivity index (χ0n) is 19.7. The standard InChI is InChI=1S/C27H28FN5O3/c28-23-13-11-20(15-26(23)33(35)36)18-30-32-27(34)21-12-14-24(31-22-9-5-2-6-10-22)25(16-21)29-17-19-7-3-1-4-8-19/h1,3-4,7-8,11-16,18,22,29,31H,2,5-6,9-10,17H2,(H,32,34)/b30-18+. The zero-order chi connectivity index (χ0) is 25.3. The molecule has 0 atom stereocenters. The minimum Gasteiger partial charge on any atom is -0.381 e. The molecule has 3 N–H and O–H groups in total. The van der Waals surface area contributed by atoms with Crippen molar-refractivity contribution in [2.24, 2.45) is 5.10 Å². The summed E-state index contributed by atoms with van der Waals surface area (Å²) in [4.78, 5) is 22.9. The Morgan fingerprint density at radius 2 is 1.81 bits per heavy atom. The van der Waals surface area contributed by atoms with Gasteiger partial charge in [-0.3, -0.25) is 14.9 Å². The second kappa shape index (κ2) is 11.9. The average Bonchev–Trinajstić information content (AvgIpc) is 2.90. The van der Waals surface area contributed by atoms with Gasteiger partial charge in [0.15, 0.2) is 0 Å². The molecule has 186 valence electrons. The number of hydrogen-bond donors (Lipinski definition) is 3. The SMILES string of the molecule is O=C(N/N=C/c1ccc(F)c([N+](=O)[O-])c1)c1ccc(NC2CCCCC2)c(NCc2ccccc2)c1. The summed E-state index contributed by atoms with van der Waals surface area (Å²) in [6.07, 6.45) is 7.16. The third-order valence-corrected chi connectivity index (χ3v) is 6.12. The maximum absolute atomic E-state index is 13.5. The molecule has 1 saturated carbocycles. The van der Waals surface area contributed by atoms with E-state index in [4.69, 9.17) is 0 Å². The van der Waals surface area contributed by atoms with Gasteiger partial charge in [0.1, 0.15) is 0 Å². The molecule has 1 fully saturated rings. The molecule has 0 aromatic heterocycles. The number of nitrogens with zero attached hydrogens (tertiary/aromatic N) is 2. The first-order chi connectivity index (χ1) is 17.5. The molecule has 0 unspecified atom stereocenters. The number of rotatable bonds is 9. The second-order valence-corrected chi connectivity index (χ2v) is 8.75. The molecule has 1 aliphatic rings. The minimum atomic E-state index is -0.932. The van der Waals surface area contributed by atoms with Crippen molar-refractivity contribution in [1.29, 1.82) is 0 Å². The van der Waals surface area contributed by atoms with Gasteiger partial charge in [-0.05, 0) is 48.7 Å². The van der Waals surface area contributed by atoms with E-state index in [0.717, 1.165) is 41.9 Å². The molecule has 8 nitrogen and oxygen atoms in total. The van der Waals surface area contributed by atoms with Crippen LogP contribution in [0.3, 0.4) is 0 Å². The van der Waals surface area contributed by atoms with Crippen LogP contribution in [-0.4, -0.2) is 23.1 Å². The largest absolute Gasteiger partial charge is 0.381 e. The monoisotopic (exact) mass is 489 g/mol. The van der Waals surface area contributed by atoms with Crippen LogP contribution in [-0.2, 0) is 6.54 Å². The zero-order valence-corrected chi connectivity index (χ0v) is 19.7. The highest BCUT2D eigenvalue weighted by Crippen LogP contribution is 2.28. The van der Waals surface area contributed by atoms with Crippen LogP contribution in [0, 0.1) is 15.9 Å². The van der Waals surface area contributed by atoms with Crippen LogP contribution in [0.2, 0.25) is 0 Å². The highest BCUT2D eigenvalue weighted by molar-refractivity contribution is 5.97. The lowest BCUT2D eigenvalue weighted by Gasteiger charge is -2.25. The van der Waals surface area contributed by atoms with Gasteiger partial charge < -0.3 is 10.6 Å². The number of nitrogens with one attached hydrogen (secondary N) is 3. The molecule has 0 saturated heterocycles. The van der Waals surface area contributed by atoms with Gasteiger partial charge in [-0.25, -0.2) is 5.43 Å². The third kappa shape index (κ3) is 6.65. The smallest absolute Gasteiger partial charge is 0.305 e. The number of nitro benzene ring substituents is 1. The number of hydrogen-bond acceptors (Lipinski definition) is 6. The van der Waals surface area contributed by atoms with Gasteiger partial charge >= 0.3 is 5.69 Å². The lowest BCUT2D eigenvalue weighted by Crippen LogP contribution is -2.23. The fourth-order valence-corrected chi connectivity index (χ4v) is 4.20. The van der Waals surface area contributed by atoms with Gasteiger partial charge in [-0.2, -0.15) is 9.49 Å². The van der Waals surface area contributed by atoms with Crippen molar-refractivity contribution in [2.45, 2.75) is 44.7 Å². The predicted molar refractivity (Wildman–Crippen MR) is 139 cm³/mol. The van der Waals surface area contributed by atoms with Gasteiger partial charge in [0.05, 0.1) is 22.5 Å². The van der Waals surface area contributed by atoms with Crippen LogP contribution in [0.1, 0.15) is 53.6 Å². The van der Waals surface area contributed by atoms with Gasteiger partial charge in [0.2, 0.25) is 5.82 Å². The Labute approximate surface area is 208 Å². The van der Waals surface area contributed by atoms with Crippen LogP contribution in [0.25, 0.3) is 0 Å². The van der Waals surface area contributed by atoms with Gasteiger partial charge in [0, 0.05) is 29.8 Å². The van der Waals surface area contributed by atoms with Crippen LogP contribution in [0.15, 0.2) is 71.8 Å². The first-order valence-electron chi connectivity index (χ1n) is 12.0. The number of benzene rings is 3. The fourth-order valence-electron chi connectivity index (χ4n) is 4.20. The Morgan fingerprint density at radius 1 is 1.03 bits per heavy atom. The van der Waals surface area contributed by atoms with E-state index < -0.39 is 22.3 Å². The Morgan fingerprint density at radius 3 is 2.56 bits per heavy atom. The first-order valence-corrected chi connectivity index (χ1v) is 12.0. The molecule has 0 aliphatic heterocycles. The number of hydrazone groups is 1. The molecule has 1 aliphatic carbocycles. The Bertz CT molecular complexity index is 1240. The lowest BCUT2D eigenvalue weighted by atomic mass is 9.95. The molecular weight excluding hydrogens is 461 g/mol. The van der Waals surface area contributed by atoms with Crippen molar-refractivity contribution in [1.82, 2.24) is 5.43 Å². The van der Waals surface area contributed by atoms with E-state index in [9.17, 15) is 19.3 Å². The highest BCUT2D eigenvalue weighted by atomic mass is 19.1. The van der Waals surface area contributed by atoms with Crippen molar-refractivity contribution < 1.29 is 14.1 Å². The van der Waals surface area contributed by atoms with Crippen LogP contribution in [0.4, 0.5) is 21.5 Å². The summed E-state index contributed by atoms with van der Waals surface area (Å²) < 4.78 is 13.5. The minimum absolute atomic E-state index is 0.292. The molecule has 0 bridgehead atoms. The summed E-state index contributed by atoms with van der Waals surface area (Å²) in [7, 11) is 0. The van der Waals surface area contributed by atoms with Crippen molar-refractivity contribution in [3.8, 4) is 0 Å². The van der Waals surface area contributed by atoms with E-state index in [1.54, 1.807) is 12.1 Å². The topological polar surface area (TPSA) is 109 Å². The van der Waals surface area contributed by atoms with Crippen molar-refractivity contribution in [2.75, 3.05) is 10.6 Å². The maximum Gasteiger partial charge on any atom is 0.305 e. The molecule has 36 heavy (non-hydrogen) atoms.